The first-order chi connectivity index (χ1) is 19.0. The van der Waals surface area contributed by atoms with Gasteiger partial charge in [0.2, 0.25) is 5.91 Å². The molecule has 0 N–H and O–H groups in total. The number of carbonyl (C=O) groups is 2. The highest BCUT2D eigenvalue weighted by molar-refractivity contribution is 6.03. The first kappa shape index (κ1) is 29.9. The molecule has 1 aliphatic heterocycles. The molecule has 2 heterocycles. The average Bonchev–Trinajstić information content (AvgIpc) is 2.91. The lowest BCUT2D eigenvalue weighted by atomic mass is 9.81. The number of pyridine rings is 1. The maximum atomic E-state index is 13.8. The summed E-state index contributed by atoms with van der Waals surface area (Å²) >= 11 is 0. The predicted octanol–water partition coefficient (Wildman–Crippen LogP) is 6.40. The van der Waals surface area contributed by atoms with Crippen molar-refractivity contribution in [2.45, 2.75) is 38.5 Å². The van der Waals surface area contributed by atoms with E-state index in [0.29, 0.717) is 30.1 Å². The number of rotatable bonds is 5. The number of ether oxygens (including phenoxy) is 1. The topological polar surface area (TPSA) is 62.7 Å². The van der Waals surface area contributed by atoms with E-state index in [9.17, 15) is 35.9 Å². The molecule has 1 fully saturated rings. The summed E-state index contributed by atoms with van der Waals surface area (Å²) in [6.45, 7) is 4.94. The van der Waals surface area contributed by atoms with Crippen molar-refractivity contribution < 1.29 is 40.7 Å². The van der Waals surface area contributed by atoms with Gasteiger partial charge in [-0.1, -0.05) is 24.3 Å². The highest BCUT2D eigenvalue weighted by atomic mass is 19.4. The third-order valence-corrected chi connectivity index (χ3v) is 7.08. The minimum atomic E-state index is -5.06. The molecule has 6 nitrogen and oxygen atoms in total. The summed E-state index contributed by atoms with van der Waals surface area (Å²) in [4.78, 5) is 33.0. The van der Waals surface area contributed by atoms with Gasteiger partial charge in [-0.05, 0) is 61.7 Å². The summed E-state index contributed by atoms with van der Waals surface area (Å²) in [7, 11) is 1.39. The van der Waals surface area contributed by atoms with Crippen molar-refractivity contribution in [2.24, 2.45) is 0 Å². The number of aromatic nitrogens is 1. The SMILES string of the molecule is Cc1ccccc1-c1cc(N2CCOC(=O)C2)ncc1N(C)C(=O)C(C)(C)c1cc(C(F)(F)F)cc(C(F)(F)F)c1. The van der Waals surface area contributed by atoms with Gasteiger partial charge in [-0.25, -0.2) is 4.98 Å². The number of alkyl halides is 6. The molecule has 218 valence electrons. The van der Waals surface area contributed by atoms with Crippen LogP contribution in [0.2, 0.25) is 0 Å². The number of cyclic esters (lactones) is 1. The molecule has 1 aliphatic rings. The second kappa shape index (κ2) is 10.7. The Morgan fingerprint density at radius 3 is 2.07 bits per heavy atom. The highest BCUT2D eigenvalue weighted by Gasteiger charge is 2.41. The summed E-state index contributed by atoms with van der Waals surface area (Å²) in [6, 6.07) is 10.1. The molecule has 1 amide bonds. The van der Waals surface area contributed by atoms with E-state index in [-0.39, 0.29) is 24.9 Å². The molecule has 3 aromatic rings. The highest BCUT2D eigenvalue weighted by Crippen LogP contribution is 2.41. The van der Waals surface area contributed by atoms with Crippen LogP contribution in [0.4, 0.5) is 37.8 Å². The molecule has 0 bridgehead atoms. The van der Waals surface area contributed by atoms with E-state index in [4.69, 9.17) is 4.74 Å². The first-order valence-corrected chi connectivity index (χ1v) is 12.5. The van der Waals surface area contributed by atoms with Gasteiger partial charge in [-0.3, -0.25) is 9.59 Å². The van der Waals surface area contributed by atoms with Gasteiger partial charge in [0, 0.05) is 12.6 Å². The second-order valence-electron chi connectivity index (χ2n) is 10.3. The molecule has 0 aliphatic carbocycles. The van der Waals surface area contributed by atoms with Gasteiger partial charge in [-0.2, -0.15) is 26.3 Å². The van der Waals surface area contributed by atoms with Crippen LogP contribution in [-0.4, -0.2) is 43.6 Å². The van der Waals surface area contributed by atoms with Gasteiger partial charge >= 0.3 is 18.3 Å². The Kier molecular flexibility index (Phi) is 7.81. The second-order valence-corrected chi connectivity index (χ2v) is 10.3. The van der Waals surface area contributed by atoms with Crippen molar-refractivity contribution in [3.05, 3.63) is 77.0 Å². The molecule has 0 atom stereocenters. The quantitative estimate of drug-likeness (QED) is 0.259. The van der Waals surface area contributed by atoms with Gasteiger partial charge in [0.05, 0.1) is 35.0 Å². The van der Waals surface area contributed by atoms with Crippen LogP contribution < -0.4 is 9.80 Å². The Bertz CT molecular complexity index is 1450. The van der Waals surface area contributed by atoms with Crippen molar-refractivity contribution in [2.75, 3.05) is 36.5 Å². The van der Waals surface area contributed by atoms with Crippen LogP contribution in [-0.2, 0) is 32.1 Å². The fourth-order valence-electron chi connectivity index (χ4n) is 4.68. The molecule has 2 aromatic carbocycles. The molecule has 0 radical (unpaired) electrons. The number of benzene rings is 2. The number of carbonyl (C=O) groups excluding carboxylic acids is 2. The minimum Gasteiger partial charge on any atom is -0.462 e. The van der Waals surface area contributed by atoms with Crippen molar-refractivity contribution in [1.29, 1.82) is 0 Å². The maximum Gasteiger partial charge on any atom is 0.416 e. The lowest BCUT2D eigenvalue weighted by molar-refractivity contribution is -0.144. The fourth-order valence-corrected chi connectivity index (χ4v) is 4.68. The Balaban J connectivity index is 1.81. The molecule has 1 saturated heterocycles. The van der Waals surface area contributed by atoms with Crippen molar-refractivity contribution in [1.82, 2.24) is 4.98 Å². The number of aryl methyl sites for hydroxylation is 1. The molecular weight excluding hydrogens is 552 g/mol. The number of esters is 1. The number of nitrogens with zero attached hydrogens (tertiary/aromatic N) is 3. The lowest BCUT2D eigenvalue weighted by Gasteiger charge is -2.33. The zero-order valence-electron chi connectivity index (χ0n) is 22.7. The van der Waals surface area contributed by atoms with E-state index in [2.05, 4.69) is 4.98 Å². The molecule has 0 spiro atoms. The number of halogens is 6. The lowest BCUT2D eigenvalue weighted by Crippen LogP contribution is -2.42. The summed E-state index contributed by atoms with van der Waals surface area (Å²) in [5.74, 6) is -0.736. The normalized spacial score (nSPS) is 14.6. The Morgan fingerprint density at radius 1 is 0.927 bits per heavy atom. The van der Waals surface area contributed by atoms with Crippen molar-refractivity contribution in [3.63, 3.8) is 0 Å². The van der Waals surface area contributed by atoms with Gasteiger partial charge in [0.15, 0.2) is 0 Å². The van der Waals surface area contributed by atoms with Crippen LogP contribution >= 0.6 is 0 Å². The number of anilines is 2. The summed E-state index contributed by atoms with van der Waals surface area (Å²) in [5, 5.41) is 0. The van der Waals surface area contributed by atoms with E-state index in [0.717, 1.165) is 11.1 Å². The predicted molar refractivity (Wildman–Crippen MR) is 140 cm³/mol. The van der Waals surface area contributed by atoms with E-state index >= 15 is 0 Å². The van der Waals surface area contributed by atoms with Crippen molar-refractivity contribution in [3.8, 4) is 11.1 Å². The maximum absolute atomic E-state index is 13.8. The van der Waals surface area contributed by atoms with E-state index in [1.807, 2.05) is 25.1 Å². The Morgan fingerprint density at radius 2 is 1.51 bits per heavy atom. The third kappa shape index (κ3) is 6.15. The van der Waals surface area contributed by atoms with Gasteiger partial charge in [0.1, 0.15) is 19.0 Å². The van der Waals surface area contributed by atoms with Crippen LogP contribution in [0.15, 0.2) is 54.7 Å². The summed E-state index contributed by atoms with van der Waals surface area (Å²) in [6.07, 6.45) is -8.71. The monoisotopic (exact) mass is 579 g/mol. The van der Waals surface area contributed by atoms with Gasteiger partial charge < -0.3 is 14.5 Å². The Labute approximate surface area is 232 Å². The summed E-state index contributed by atoms with van der Waals surface area (Å²) < 4.78 is 86.2. The molecule has 0 unspecified atom stereocenters. The molecule has 0 saturated carbocycles. The smallest absolute Gasteiger partial charge is 0.416 e. The van der Waals surface area contributed by atoms with E-state index < -0.39 is 46.3 Å². The molecule has 12 heteroatoms. The first-order valence-electron chi connectivity index (χ1n) is 12.5. The van der Waals surface area contributed by atoms with Crippen LogP contribution in [0.5, 0.6) is 0 Å². The zero-order valence-corrected chi connectivity index (χ0v) is 22.7. The Hall–Kier alpha value is -4.09. The molecular formula is C29H27F6N3O3. The fraction of sp³-hybridized carbons (Fsp3) is 0.345. The number of hydrogen-bond donors (Lipinski definition) is 0. The number of morpholine rings is 1. The summed E-state index contributed by atoms with van der Waals surface area (Å²) in [5.41, 5.74) is -2.85. The van der Waals surface area contributed by atoms with Crippen molar-refractivity contribution >= 4 is 23.4 Å². The average molecular weight is 580 g/mol. The van der Waals surface area contributed by atoms with Crippen LogP contribution in [0.1, 0.15) is 36.1 Å². The minimum absolute atomic E-state index is 0.0293. The number of likely N-dealkylation sites (N-methyl/N-ethyl adjacent to an activating group) is 1. The largest absolute Gasteiger partial charge is 0.462 e. The van der Waals surface area contributed by atoms with Crippen LogP contribution in [0, 0.1) is 6.92 Å². The number of amides is 1. The standard InChI is InChI=1S/C29H27F6N3O3/c1-17-7-5-6-8-21(17)22-14-24(38-9-10-41-25(39)16-38)36-15-23(22)37(4)26(40)27(2,3)18-11-19(28(30,31)32)13-20(12-18)29(33,34)35/h5-8,11-15H,9-10,16H2,1-4H3. The number of hydrogen-bond acceptors (Lipinski definition) is 5. The molecule has 41 heavy (non-hydrogen) atoms. The van der Waals surface area contributed by atoms with Crippen LogP contribution in [0.3, 0.4) is 0 Å². The zero-order chi connectivity index (χ0) is 30.3. The third-order valence-electron chi connectivity index (χ3n) is 7.08. The van der Waals surface area contributed by atoms with E-state index in [1.165, 1.54) is 32.0 Å². The van der Waals surface area contributed by atoms with Crippen LogP contribution in [0.25, 0.3) is 11.1 Å². The van der Waals surface area contributed by atoms with Gasteiger partial charge in [0.25, 0.3) is 0 Å². The molecule has 4 rings (SSSR count). The molecule has 1 aromatic heterocycles. The van der Waals surface area contributed by atoms with E-state index in [1.54, 1.807) is 17.0 Å². The van der Waals surface area contributed by atoms with Gasteiger partial charge in [-0.15, -0.1) is 0 Å².